The first-order valence-electron chi connectivity index (χ1n) is 6.33. The number of amides is 1. The number of nitrogens with zero attached hydrogens (tertiary/aromatic N) is 1. The molecular weight excluding hydrogens is 378 g/mol. The van der Waals surface area contributed by atoms with Crippen molar-refractivity contribution in [2.75, 3.05) is 13.6 Å². The van der Waals surface area contributed by atoms with Crippen molar-refractivity contribution in [3.8, 4) is 0 Å². The second-order valence-corrected chi connectivity index (χ2v) is 9.66. The molecule has 0 bridgehead atoms. The second kappa shape index (κ2) is 6.26. The minimum atomic E-state index is -3.89. The van der Waals surface area contributed by atoms with Crippen LogP contribution < -0.4 is 0 Å². The van der Waals surface area contributed by atoms with E-state index in [0.29, 0.717) is 22.1 Å². The quantitative estimate of drug-likeness (QED) is 0.730. The zero-order valence-electron chi connectivity index (χ0n) is 12.7. The van der Waals surface area contributed by atoms with Crippen LogP contribution in [0.25, 0.3) is 0 Å². The van der Waals surface area contributed by atoms with Crippen LogP contribution in [0.3, 0.4) is 0 Å². The molecule has 0 unspecified atom stereocenters. The molecule has 0 saturated heterocycles. The summed E-state index contributed by atoms with van der Waals surface area (Å²) in [5.41, 5.74) is 0.964. The van der Waals surface area contributed by atoms with Crippen LogP contribution in [0.1, 0.15) is 36.7 Å². The Labute approximate surface area is 139 Å². The summed E-state index contributed by atoms with van der Waals surface area (Å²) in [5.74, 6) is -0.231. The van der Waals surface area contributed by atoms with Crippen molar-refractivity contribution in [2.45, 2.75) is 32.6 Å². The van der Waals surface area contributed by atoms with Gasteiger partial charge in [0.15, 0.2) is 0 Å². The van der Waals surface area contributed by atoms with E-state index in [9.17, 15) is 13.2 Å². The zero-order valence-corrected chi connectivity index (χ0v) is 15.9. The molecule has 0 aliphatic heterocycles. The molecule has 0 aliphatic rings. The van der Waals surface area contributed by atoms with Crippen LogP contribution >= 0.6 is 26.6 Å². The average molecular weight is 397 g/mol. The third kappa shape index (κ3) is 4.97. The molecule has 0 spiro atoms. The van der Waals surface area contributed by atoms with Gasteiger partial charge in [0.1, 0.15) is 0 Å². The van der Waals surface area contributed by atoms with Gasteiger partial charge in [-0.1, -0.05) is 36.7 Å². The second-order valence-electron chi connectivity index (χ2n) is 6.24. The van der Waals surface area contributed by atoms with Crippen LogP contribution in [0, 0.1) is 12.3 Å². The van der Waals surface area contributed by atoms with Gasteiger partial charge in [0, 0.05) is 34.3 Å². The molecule has 0 saturated carbocycles. The number of carbonyl (C=O) groups is 1. The Morgan fingerprint density at radius 3 is 2.29 bits per heavy atom. The van der Waals surface area contributed by atoms with Crippen molar-refractivity contribution >= 4 is 41.6 Å². The molecule has 7 heteroatoms. The predicted molar refractivity (Wildman–Crippen MR) is 88.3 cm³/mol. The molecule has 0 N–H and O–H groups in total. The first-order chi connectivity index (χ1) is 9.33. The molecule has 0 aromatic heterocycles. The van der Waals surface area contributed by atoms with Crippen molar-refractivity contribution in [1.82, 2.24) is 4.90 Å². The molecule has 118 valence electrons. The molecule has 0 radical (unpaired) electrons. The van der Waals surface area contributed by atoms with Crippen LogP contribution in [-0.4, -0.2) is 32.8 Å². The van der Waals surface area contributed by atoms with E-state index >= 15 is 0 Å². The molecule has 1 aromatic carbocycles. The molecular formula is C14H19BrClNO3S. The van der Waals surface area contributed by atoms with Crippen molar-refractivity contribution < 1.29 is 13.2 Å². The first kappa shape index (κ1) is 18.5. The summed E-state index contributed by atoms with van der Waals surface area (Å²) in [7, 11) is 3.18. The Balaban J connectivity index is 3.30. The van der Waals surface area contributed by atoms with Crippen LogP contribution in [0.4, 0.5) is 0 Å². The fourth-order valence-electron chi connectivity index (χ4n) is 2.01. The lowest BCUT2D eigenvalue weighted by Gasteiger charge is -2.27. The molecule has 1 aromatic rings. The summed E-state index contributed by atoms with van der Waals surface area (Å²) in [6.07, 6.45) is 0. The third-order valence-corrected chi connectivity index (χ3v) is 5.04. The van der Waals surface area contributed by atoms with Gasteiger partial charge in [0.05, 0.1) is 4.90 Å². The van der Waals surface area contributed by atoms with Crippen LogP contribution in [0.15, 0.2) is 21.5 Å². The minimum Gasteiger partial charge on any atom is -0.341 e. The maximum atomic E-state index is 12.5. The summed E-state index contributed by atoms with van der Waals surface area (Å²) >= 11 is 3.27. The molecule has 0 heterocycles. The SMILES string of the molecule is Cc1c(Br)cc(S(=O)(=O)Cl)cc1C(=O)N(C)CC(C)(C)C. The smallest absolute Gasteiger partial charge is 0.261 e. The predicted octanol–water partition coefficient (Wildman–Crippen LogP) is 3.80. The Morgan fingerprint density at radius 1 is 1.33 bits per heavy atom. The fraction of sp³-hybridized carbons (Fsp3) is 0.500. The van der Waals surface area contributed by atoms with E-state index in [1.165, 1.54) is 12.1 Å². The molecule has 0 aliphatic carbocycles. The first-order valence-corrected chi connectivity index (χ1v) is 9.43. The van der Waals surface area contributed by atoms with E-state index in [-0.39, 0.29) is 16.2 Å². The van der Waals surface area contributed by atoms with Crippen LogP contribution in [0.5, 0.6) is 0 Å². The average Bonchev–Trinajstić information content (AvgIpc) is 2.27. The molecule has 0 atom stereocenters. The van der Waals surface area contributed by atoms with Gasteiger partial charge in [-0.25, -0.2) is 8.42 Å². The monoisotopic (exact) mass is 395 g/mol. The maximum absolute atomic E-state index is 12.5. The molecule has 1 amide bonds. The van der Waals surface area contributed by atoms with E-state index in [1.807, 2.05) is 20.8 Å². The lowest BCUT2D eigenvalue weighted by molar-refractivity contribution is 0.0744. The summed E-state index contributed by atoms with van der Waals surface area (Å²) in [5, 5.41) is 0. The molecule has 1 rings (SSSR count). The highest BCUT2D eigenvalue weighted by atomic mass is 79.9. The number of benzene rings is 1. The van der Waals surface area contributed by atoms with Crippen molar-refractivity contribution in [2.24, 2.45) is 5.41 Å². The van der Waals surface area contributed by atoms with Crippen LogP contribution in [-0.2, 0) is 9.05 Å². The summed E-state index contributed by atoms with van der Waals surface area (Å²) in [4.78, 5) is 14.0. The highest BCUT2D eigenvalue weighted by Gasteiger charge is 2.23. The van der Waals surface area contributed by atoms with E-state index in [4.69, 9.17) is 10.7 Å². The standard InChI is InChI=1S/C14H19BrClNO3S/c1-9-11(13(18)17(5)8-14(2,3)4)6-10(7-12(9)15)21(16,19)20/h6-7H,8H2,1-5H3. The topological polar surface area (TPSA) is 54.5 Å². The van der Waals surface area contributed by atoms with Crippen molar-refractivity contribution in [1.29, 1.82) is 0 Å². The van der Waals surface area contributed by atoms with Gasteiger partial charge in [-0.05, 0) is 30.0 Å². The molecule has 21 heavy (non-hydrogen) atoms. The summed E-state index contributed by atoms with van der Waals surface area (Å²) in [6.45, 7) is 8.39. The zero-order chi connectivity index (χ0) is 16.6. The third-order valence-electron chi connectivity index (χ3n) is 2.89. The summed E-state index contributed by atoms with van der Waals surface area (Å²) < 4.78 is 23.5. The van der Waals surface area contributed by atoms with Crippen molar-refractivity contribution in [3.63, 3.8) is 0 Å². The van der Waals surface area contributed by atoms with Crippen molar-refractivity contribution in [3.05, 3.63) is 27.7 Å². The number of rotatable bonds is 3. The number of carbonyl (C=O) groups excluding carboxylic acids is 1. The number of halogens is 2. The van der Waals surface area contributed by atoms with Gasteiger partial charge < -0.3 is 4.90 Å². The fourth-order valence-corrected chi connectivity index (χ4v) is 3.40. The Hall–Kier alpha value is -0.590. The van der Waals surface area contributed by atoms with Gasteiger partial charge in [0.2, 0.25) is 0 Å². The maximum Gasteiger partial charge on any atom is 0.261 e. The summed E-state index contributed by atoms with van der Waals surface area (Å²) in [6, 6.07) is 2.72. The van der Waals surface area contributed by atoms with E-state index in [1.54, 1.807) is 18.9 Å². The lowest BCUT2D eigenvalue weighted by atomic mass is 9.96. The molecule has 0 fully saturated rings. The number of hydrogen-bond donors (Lipinski definition) is 0. The highest BCUT2D eigenvalue weighted by molar-refractivity contribution is 9.10. The number of hydrogen-bond acceptors (Lipinski definition) is 3. The van der Waals surface area contributed by atoms with Gasteiger partial charge in [-0.15, -0.1) is 0 Å². The van der Waals surface area contributed by atoms with Gasteiger partial charge in [0.25, 0.3) is 15.0 Å². The highest BCUT2D eigenvalue weighted by Crippen LogP contribution is 2.28. The Bertz CT molecular complexity index is 666. The van der Waals surface area contributed by atoms with E-state index < -0.39 is 9.05 Å². The largest absolute Gasteiger partial charge is 0.341 e. The van der Waals surface area contributed by atoms with Gasteiger partial charge >= 0.3 is 0 Å². The Kier molecular flexibility index (Phi) is 5.51. The normalized spacial score (nSPS) is 12.3. The molecule has 4 nitrogen and oxygen atoms in total. The van der Waals surface area contributed by atoms with Crippen LogP contribution in [0.2, 0.25) is 0 Å². The van der Waals surface area contributed by atoms with E-state index in [0.717, 1.165) is 0 Å². The van der Waals surface area contributed by atoms with E-state index in [2.05, 4.69) is 15.9 Å². The minimum absolute atomic E-state index is 0.0499. The Morgan fingerprint density at radius 2 is 1.86 bits per heavy atom. The van der Waals surface area contributed by atoms with Gasteiger partial charge in [-0.3, -0.25) is 4.79 Å². The van der Waals surface area contributed by atoms with Gasteiger partial charge in [-0.2, -0.15) is 0 Å². The lowest BCUT2D eigenvalue weighted by Crippen LogP contribution is -2.35.